The molecule has 2 amide bonds. The third-order valence-corrected chi connectivity index (χ3v) is 4.86. The molecule has 0 unspecified atom stereocenters. The Morgan fingerprint density at radius 2 is 1.74 bits per heavy atom. The van der Waals surface area contributed by atoms with Gasteiger partial charge in [0.25, 0.3) is 5.22 Å². The Bertz CT molecular complexity index is 1070. The largest absolute Gasteiger partial charge is 0.493 e. The minimum absolute atomic E-state index is 0.0996. The molecule has 0 radical (unpaired) electrons. The molecule has 0 spiro atoms. The second-order valence-electron chi connectivity index (χ2n) is 6.43. The maximum absolute atomic E-state index is 12.2. The number of ether oxygens (including phenoxy) is 2. The van der Waals surface area contributed by atoms with Crippen molar-refractivity contribution in [3.63, 3.8) is 0 Å². The number of nitrogens with zero attached hydrogens (tertiary/aromatic N) is 2. The lowest BCUT2D eigenvalue weighted by atomic mass is 10.1. The Kier molecular flexibility index (Phi) is 7.50. The predicted octanol–water partition coefficient (Wildman–Crippen LogP) is 3.37. The van der Waals surface area contributed by atoms with E-state index >= 15 is 0 Å². The highest BCUT2D eigenvalue weighted by molar-refractivity contribution is 7.99. The SMILES string of the molecule is COc1ccc(Cc2nnc(SCC(=O)Nc3cccc(NC(C)=O)c3)o2)cc1OC. The monoisotopic (exact) mass is 442 g/mol. The molecule has 3 rings (SSSR count). The van der Waals surface area contributed by atoms with Crippen LogP contribution in [0.1, 0.15) is 18.4 Å². The number of aromatic nitrogens is 2. The maximum Gasteiger partial charge on any atom is 0.277 e. The first-order valence-corrected chi connectivity index (χ1v) is 10.3. The molecule has 10 heteroatoms. The molecular weight excluding hydrogens is 420 g/mol. The van der Waals surface area contributed by atoms with E-state index in [1.807, 2.05) is 18.2 Å². The fourth-order valence-electron chi connectivity index (χ4n) is 2.74. The normalized spacial score (nSPS) is 10.4. The van der Waals surface area contributed by atoms with Crippen LogP contribution < -0.4 is 20.1 Å². The number of methoxy groups -OCH3 is 2. The zero-order valence-electron chi connectivity index (χ0n) is 17.3. The summed E-state index contributed by atoms with van der Waals surface area (Å²) in [6.45, 7) is 1.42. The van der Waals surface area contributed by atoms with E-state index in [0.717, 1.165) is 17.3 Å². The molecule has 2 aromatic carbocycles. The van der Waals surface area contributed by atoms with Crippen LogP contribution >= 0.6 is 11.8 Å². The van der Waals surface area contributed by atoms with Gasteiger partial charge in [0, 0.05) is 18.3 Å². The van der Waals surface area contributed by atoms with Crippen molar-refractivity contribution in [2.45, 2.75) is 18.6 Å². The number of benzene rings is 2. The molecule has 1 heterocycles. The first-order valence-electron chi connectivity index (χ1n) is 9.30. The summed E-state index contributed by atoms with van der Waals surface area (Å²) in [5.74, 6) is 1.37. The molecule has 0 saturated heterocycles. The number of amides is 2. The van der Waals surface area contributed by atoms with Crippen LogP contribution in [0.15, 0.2) is 52.1 Å². The Morgan fingerprint density at radius 3 is 2.45 bits per heavy atom. The van der Waals surface area contributed by atoms with Gasteiger partial charge < -0.3 is 24.5 Å². The number of carbonyl (C=O) groups is 2. The highest BCUT2D eigenvalue weighted by Gasteiger charge is 2.12. The Morgan fingerprint density at radius 1 is 1.00 bits per heavy atom. The van der Waals surface area contributed by atoms with Crippen molar-refractivity contribution in [3.8, 4) is 11.5 Å². The van der Waals surface area contributed by atoms with Crippen molar-refractivity contribution >= 4 is 35.0 Å². The summed E-state index contributed by atoms with van der Waals surface area (Å²) in [6, 6.07) is 12.4. The standard InChI is InChI=1S/C21H22N4O5S/c1-13(26)22-15-5-4-6-16(11-15)23-19(27)12-31-21-25-24-20(30-21)10-14-7-8-17(28-2)18(9-14)29-3/h4-9,11H,10,12H2,1-3H3,(H,22,26)(H,23,27). The fraction of sp³-hybridized carbons (Fsp3) is 0.238. The number of carbonyl (C=O) groups excluding carboxylic acids is 2. The maximum atomic E-state index is 12.2. The zero-order valence-corrected chi connectivity index (χ0v) is 18.1. The van der Waals surface area contributed by atoms with Crippen LogP contribution in [-0.2, 0) is 16.0 Å². The second-order valence-corrected chi connectivity index (χ2v) is 7.35. The third-order valence-electron chi connectivity index (χ3n) is 4.05. The van der Waals surface area contributed by atoms with Crippen molar-refractivity contribution < 1.29 is 23.5 Å². The summed E-state index contributed by atoms with van der Waals surface area (Å²) < 4.78 is 16.2. The summed E-state index contributed by atoms with van der Waals surface area (Å²) in [7, 11) is 3.15. The van der Waals surface area contributed by atoms with Crippen LogP contribution in [0.4, 0.5) is 11.4 Å². The molecule has 0 fully saturated rings. The second kappa shape index (κ2) is 10.5. The average molecular weight is 442 g/mol. The van der Waals surface area contributed by atoms with Crippen LogP contribution in [0.2, 0.25) is 0 Å². The lowest BCUT2D eigenvalue weighted by Crippen LogP contribution is -2.14. The van der Waals surface area contributed by atoms with Gasteiger partial charge in [-0.25, -0.2) is 0 Å². The summed E-state index contributed by atoms with van der Waals surface area (Å²) in [5, 5.41) is 13.7. The van der Waals surface area contributed by atoms with Gasteiger partial charge in [-0.05, 0) is 35.9 Å². The molecule has 1 aromatic heterocycles. The lowest BCUT2D eigenvalue weighted by molar-refractivity contribution is -0.114. The van der Waals surface area contributed by atoms with E-state index in [1.54, 1.807) is 38.5 Å². The van der Waals surface area contributed by atoms with Crippen LogP contribution in [0.5, 0.6) is 11.5 Å². The molecular formula is C21H22N4O5S. The van der Waals surface area contributed by atoms with Crippen molar-refractivity contribution in [2.75, 3.05) is 30.6 Å². The number of hydrogen-bond donors (Lipinski definition) is 2. The average Bonchev–Trinajstić information content (AvgIpc) is 3.19. The molecule has 3 aromatic rings. The molecule has 0 aliphatic heterocycles. The van der Waals surface area contributed by atoms with Gasteiger partial charge in [0.15, 0.2) is 11.5 Å². The smallest absolute Gasteiger partial charge is 0.277 e. The zero-order chi connectivity index (χ0) is 22.2. The summed E-state index contributed by atoms with van der Waals surface area (Å²) >= 11 is 1.14. The quantitative estimate of drug-likeness (QED) is 0.485. The topological polar surface area (TPSA) is 116 Å². The van der Waals surface area contributed by atoms with Gasteiger partial charge in [-0.1, -0.05) is 23.9 Å². The van der Waals surface area contributed by atoms with Crippen LogP contribution in [0, 0.1) is 0 Å². The van der Waals surface area contributed by atoms with Crippen LogP contribution in [0.25, 0.3) is 0 Å². The van der Waals surface area contributed by atoms with Gasteiger partial charge in [0.05, 0.1) is 26.4 Å². The summed E-state index contributed by atoms with van der Waals surface area (Å²) in [5.41, 5.74) is 2.11. The number of hydrogen-bond acceptors (Lipinski definition) is 8. The number of anilines is 2. The van der Waals surface area contributed by atoms with E-state index in [0.29, 0.717) is 40.4 Å². The van der Waals surface area contributed by atoms with Crippen LogP contribution in [0.3, 0.4) is 0 Å². The molecule has 0 aliphatic carbocycles. The van der Waals surface area contributed by atoms with Gasteiger partial charge in [0.1, 0.15) is 0 Å². The lowest BCUT2D eigenvalue weighted by Gasteiger charge is -2.08. The van der Waals surface area contributed by atoms with E-state index < -0.39 is 0 Å². The summed E-state index contributed by atoms with van der Waals surface area (Å²) in [4.78, 5) is 23.4. The number of rotatable bonds is 9. The minimum Gasteiger partial charge on any atom is -0.493 e. The molecule has 0 atom stereocenters. The van der Waals surface area contributed by atoms with Crippen molar-refractivity contribution in [3.05, 3.63) is 53.9 Å². The van der Waals surface area contributed by atoms with Gasteiger partial charge in [-0.15, -0.1) is 10.2 Å². The minimum atomic E-state index is -0.232. The third kappa shape index (κ3) is 6.48. The van der Waals surface area contributed by atoms with Gasteiger partial charge >= 0.3 is 0 Å². The van der Waals surface area contributed by atoms with Gasteiger partial charge in [-0.3, -0.25) is 9.59 Å². The van der Waals surface area contributed by atoms with Crippen molar-refractivity contribution in [2.24, 2.45) is 0 Å². The van der Waals surface area contributed by atoms with Crippen LogP contribution in [-0.4, -0.2) is 42.0 Å². The molecule has 0 aliphatic rings. The first kappa shape index (κ1) is 22.2. The highest BCUT2D eigenvalue weighted by atomic mass is 32.2. The van der Waals surface area contributed by atoms with E-state index in [2.05, 4.69) is 20.8 Å². The summed E-state index contributed by atoms with van der Waals surface area (Å²) in [6.07, 6.45) is 0.427. The van der Waals surface area contributed by atoms with Gasteiger partial charge in [-0.2, -0.15) is 0 Å². The first-order chi connectivity index (χ1) is 15.0. The molecule has 9 nitrogen and oxygen atoms in total. The number of nitrogens with one attached hydrogen (secondary N) is 2. The van der Waals surface area contributed by atoms with E-state index in [1.165, 1.54) is 6.92 Å². The molecule has 0 saturated carbocycles. The highest BCUT2D eigenvalue weighted by Crippen LogP contribution is 2.28. The van der Waals surface area contributed by atoms with E-state index in [4.69, 9.17) is 13.9 Å². The molecule has 0 bridgehead atoms. The van der Waals surface area contributed by atoms with Crippen molar-refractivity contribution in [1.29, 1.82) is 0 Å². The Labute approximate surface area is 183 Å². The van der Waals surface area contributed by atoms with E-state index in [9.17, 15) is 9.59 Å². The van der Waals surface area contributed by atoms with Crippen molar-refractivity contribution in [1.82, 2.24) is 10.2 Å². The molecule has 2 N–H and O–H groups in total. The van der Waals surface area contributed by atoms with Gasteiger partial charge in [0.2, 0.25) is 17.7 Å². The Balaban J connectivity index is 1.53. The number of thioether (sulfide) groups is 1. The molecule has 31 heavy (non-hydrogen) atoms. The predicted molar refractivity (Wildman–Crippen MR) is 117 cm³/mol. The Hall–Kier alpha value is -3.53. The van der Waals surface area contributed by atoms with E-state index in [-0.39, 0.29) is 17.6 Å². The molecule has 162 valence electrons. The fourth-order valence-corrected chi connectivity index (χ4v) is 3.32.